The van der Waals surface area contributed by atoms with E-state index in [2.05, 4.69) is 4.98 Å². The van der Waals surface area contributed by atoms with Gasteiger partial charge in [-0.15, -0.1) is 0 Å². The lowest BCUT2D eigenvalue weighted by Crippen LogP contribution is -2.36. The monoisotopic (exact) mass is 305 g/mol. The first-order chi connectivity index (χ1) is 9.93. The van der Waals surface area contributed by atoms with Crippen LogP contribution in [0.1, 0.15) is 19.4 Å². The molecule has 0 bridgehead atoms. The van der Waals surface area contributed by atoms with Crippen LogP contribution in [0.25, 0.3) is 0 Å². The first-order valence-electron chi connectivity index (χ1n) is 6.68. The predicted molar refractivity (Wildman–Crippen MR) is 83.0 cm³/mol. The van der Waals surface area contributed by atoms with Gasteiger partial charge in [-0.1, -0.05) is 18.2 Å². The molecule has 0 aliphatic carbocycles. The Bertz CT molecular complexity index is 700. The molecule has 2 aromatic rings. The van der Waals surface area contributed by atoms with Crippen molar-refractivity contribution < 1.29 is 8.42 Å². The normalized spacial score (nSPS) is 12.0. The molecule has 0 amide bonds. The Morgan fingerprint density at radius 2 is 1.90 bits per heavy atom. The van der Waals surface area contributed by atoms with Crippen LogP contribution in [0.2, 0.25) is 0 Å². The summed E-state index contributed by atoms with van der Waals surface area (Å²) in [6.07, 6.45) is 3.33. The van der Waals surface area contributed by atoms with Crippen molar-refractivity contribution >= 4 is 15.7 Å². The van der Waals surface area contributed by atoms with Gasteiger partial charge in [-0.2, -0.15) is 4.31 Å². The minimum absolute atomic E-state index is 0.141. The second-order valence-corrected chi connectivity index (χ2v) is 6.90. The van der Waals surface area contributed by atoms with Gasteiger partial charge in [0, 0.05) is 25.0 Å². The van der Waals surface area contributed by atoms with Gasteiger partial charge in [0.05, 0.1) is 5.69 Å². The topological polar surface area (TPSA) is 76.3 Å². The van der Waals surface area contributed by atoms with E-state index < -0.39 is 10.0 Å². The number of hydrogen-bond acceptors (Lipinski definition) is 4. The summed E-state index contributed by atoms with van der Waals surface area (Å²) < 4.78 is 27.1. The van der Waals surface area contributed by atoms with E-state index in [1.165, 1.54) is 10.4 Å². The molecule has 1 heterocycles. The SMILES string of the molecule is CC(C)N(Cc1cccnc1)S(=O)(=O)c1ccccc1N. The summed E-state index contributed by atoms with van der Waals surface area (Å²) >= 11 is 0. The summed E-state index contributed by atoms with van der Waals surface area (Å²) in [5.74, 6) is 0. The molecular weight excluding hydrogens is 286 g/mol. The summed E-state index contributed by atoms with van der Waals surface area (Å²) in [6, 6.07) is 9.97. The Kier molecular flexibility index (Phi) is 4.59. The third kappa shape index (κ3) is 3.40. The van der Waals surface area contributed by atoms with Crippen molar-refractivity contribution in [2.45, 2.75) is 31.3 Å². The van der Waals surface area contributed by atoms with E-state index in [0.29, 0.717) is 0 Å². The van der Waals surface area contributed by atoms with E-state index >= 15 is 0 Å². The van der Waals surface area contributed by atoms with Gasteiger partial charge in [0.1, 0.15) is 4.90 Å². The van der Waals surface area contributed by atoms with Crippen molar-refractivity contribution in [2.24, 2.45) is 0 Å². The van der Waals surface area contributed by atoms with Gasteiger partial charge >= 0.3 is 0 Å². The summed E-state index contributed by atoms with van der Waals surface area (Å²) in [7, 11) is -3.65. The summed E-state index contributed by atoms with van der Waals surface area (Å²) in [5, 5.41) is 0. The molecule has 0 saturated heterocycles. The van der Waals surface area contributed by atoms with Crippen molar-refractivity contribution in [2.75, 3.05) is 5.73 Å². The van der Waals surface area contributed by atoms with Crippen LogP contribution in [-0.4, -0.2) is 23.7 Å². The third-order valence-electron chi connectivity index (χ3n) is 3.14. The van der Waals surface area contributed by atoms with E-state index in [0.717, 1.165) is 5.56 Å². The molecule has 0 unspecified atom stereocenters. The van der Waals surface area contributed by atoms with Gasteiger partial charge < -0.3 is 5.73 Å². The average molecular weight is 305 g/mol. The highest BCUT2D eigenvalue weighted by Gasteiger charge is 2.28. The van der Waals surface area contributed by atoms with Crippen LogP contribution in [0, 0.1) is 0 Å². The highest BCUT2D eigenvalue weighted by molar-refractivity contribution is 7.89. The maximum absolute atomic E-state index is 12.8. The van der Waals surface area contributed by atoms with E-state index in [9.17, 15) is 8.42 Å². The third-order valence-corrected chi connectivity index (χ3v) is 5.24. The molecule has 0 atom stereocenters. The number of nitrogen functional groups attached to an aromatic ring is 1. The Labute approximate surface area is 125 Å². The molecule has 1 aromatic heterocycles. The van der Waals surface area contributed by atoms with Crippen molar-refractivity contribution in [1.82, 2.24) is 9.29 Å². The number of para-hydroxylation sites is 1. The summed E-state index contributed by atoms with van der Waals surface area (Å²) in [6.45, 7) is 3.95. The Balaban J connectivity index is 2.40. The van der Waals surface area contributed by atoms with Gasteiger partial charge in [0.2, 0.25) is 10.0 Å². The molecule has 2 rings (SSSR count). The zero-order valence-corrected chi connectivity index (χ0v) is 12.9. The first-order valence-corrected chi connectivity index (χ1v) is 8.12. The van der Waals surface area contributed by atoms with Gasteiger partial charge in [-0.25, -0.2) is 8.42 Å². The fraction of sp³-hybridized carbons (Fsp3) is 0.267. The van der Waals surface area contributed by atoms with E-state index in [4.69, 9.17) is 5.73 Å². The molecule has 6 heteroatoms. The second kappa shape index (κ2) is 6.24. The Morgan fingerprint density at radius 3 is 2.48 bits per heavy atom. The number of anilines is 1. The lowest BCUT2D eigenvalue weighted by molar-refractivity contribution is 0.348. The lowest BCUT2D eigenvalue weighted by atomic mass is 10.2. The number of sulfonamides is 1. The minimum atomic E-state index is -3.65. The quantitative estimate of drug-likeness (QED) is 0.860. The van der Waals surface area contributed by atoms with Gasteiger partial charge in [0.15, 0.2) is 0 Å². The van der Waals surface area contributed by atoms with Gasteiger partial charge in [-0.05, 0) is 37.6 Å². The van der Waals surface area contributed by atoms with Crippen LogP contribution in [0.3, 0.4) is 0 Å². The fourth-order valence-electron chi connectivity index (χ4n) is 2.06. The molecule has 0 saturated carbocycles. The first kappa shape index (κ1) is 15.5. The zero-order valence-electron chi connectivity index (χ0n) is 12.1. The highest BCUT2D eigenvalue weighted by atomic mass is 32.2. The second-order valence-electron chi connectivity index (χ2n) is 5.04. The zero-order chi connectivity index (χ0) is 15.5. The van der Waals surface area contributed by atoms with Crippen LogP contribution >= 0.6 is 0 Å². The number of hydrogen-bond donors (Lipinski definition) is 1. The molecule has 0 radical (unpaired) electrons. The van der Waals surface area contributed by atoms with Crippen LogP contribution < -0.4 is 5.73 Å². The minimum Gasteiger partial charge on any atom is -0.398 e. The van der Waals surface area contributed by atoms with Crippen molar-refractivity contribution in [1.29, 1.82) is 0 Å². The average Bonchev–Trinajstić information content (AvgIpc) is 2.45. The molecule has 0 aliphatic rings. The standard InChI is InChI=1S/C15H19N3O2S/c1-12(2)18(11-13-6-5-9-17-10-13)21(19,20)15-8-4-3-7-14(15)16/h3-10,12H,11,16H2,1-2H3. The lowest BCUT2D eigenvalue weighted by Gasteiger charge is -2.26. The molecular formula is C15H19N3O2S. The molecule has 0 spiro atoms. The summed E-state index contributed by atoms with van der Waals surface area (Å²) in [5.41, 5.74) is 6.92. The summed E-state index contributed by atoms with van der Waals surface area (Å²) in [4.78, 5) is 4.16. The largest absolute Gasteiger partial charge is 0.398 e. The molecule has 1 aromatic carbocycles. The molecule has 0 fully saturated rings. The number of aromatic nitrogens is 1. The van der Waals surface area contributed by atoms with Gasteiger partial charge in [-0.3, -0.25) is 4.98 Å². The maximum Gasteiger partial charge on any atom is 0.245 e. The van der Waals surface area contributed by atoms with E-state index in [1.807, 2.05) is 19.9 Å². The smallest absolute Gasteiger partial charge is 0.245 e. The highest BCUT2D eigenvalue weighted by Crippen LogP contribution is 2.25. The van der Waals surface area contributed by atoms with Crippen LogP contribution in [0.15, 0.2) is 53.7 Å². The number of nitrogens with zero attached hydrogens (tertiary/aromatic N) is 2. The van der Waals surface area contributed by atoms with E-state index in [1.54, 1.807) is 36.7 Å². The molecule has 2 N–H and O–H groups in total. The number of rotatable bonds is 5. The number of nitrogens with two attached hydrogens (primary N) is 1. The molecule has 112 valence electrons. The Hall–Kier alpha value is -1.92. The van der Waals surface area contributed by atoms with Crippen LogP contribution in [0.5, 0.6) is 0 Å². The molecule has 21 heavy (non-hydrogen) atoms. The fourth-order valence-corrected chi connectivity index (χ4v) is 3.80. The Morgan fingerprint density at radius 1 is 1.19 bits per heavy atom. The predicted octanol–water partition coefficient (Wildman–Crippen LogP) is 2.26. The van der Waals surface area contributed by atoms with Crippen LogP contribution in [0.4, 0.5) is 5.69 Å². The van der Waals surface area contributed by atoms with E-state index in [-0.39, 0.29) is 23.2 Å². The number of benzene rings is 1. The maximum atomic E-state index is 12.8. The van der Waals surface area contributed by atoms with Crippen molar-refractivity contribution in [3.63, 3.8) is 0 Å². The van der Waals surface area contributed by atoms with Crippen molar-refractivity contribution in [3.05, 3.63) is 54.4 Å². The van der Waals surface area contributed by atoms with Gasteiger partial charge in [0.25, 0.3) is 0 Å². The number of pyridine rings is 1. The molecule has 0 aliphatic heterocycles. The van der Waals surface area contributed by atoms with Crippen molar-refractivity contribution in [3.8, 4) is 0 Å². The molecule has 5 nitrogen and oxygen atoms in total. The van der Waals surface area contributed by atoms with Crippen LogP contribution in [-0.2, 0) is 16.6 Å².